The van der Waals surface area contributed by atoms with Gasteiger partial charge in [0.1, 0.15) is 5.69 Å². The summed E-state index contributed by atoms with van der Waals surface area (Å²) in [5, 5.41) is 2.62. The van der Waals surface area contributed by atoms with Crippen LogP contribution in [0.1, 0.15) is 59.8 Å². The molecule has 0 bridgehead atoms. The maximum absolute atomic E-state index is 4.57. The third-order valence-electron chi connectivity index (χ3n) is 12.0. The molecule has 4 atom stereocenters. The molecule has 0 amide bonds. The van der Waals surface area contributed by atoms with Gasteiger partial charge in [-0.1, -0.05) is 147 Å². The molecule has 0 saturated carbocycles. The summed E-state index contributed by atoms with van der Waals surface area (Å²) in [4.78, 5) is 2.45. The van der Waals surface area contributed by atoms with Crippen molar-refractivity contribution in [2.24, 2.45) is 5.92 Å². The van der Waals surface area contributed by atoms with E-state index in [-0.39, 0.29) is 0 Å². The van der Waals surface area contributed by atoms with Crippen LogP contribution in [0.25, 0.3) is 49.7 Å². The number of hydrogen-bond acceptors (Lipinski definition) is 1. The van der Waals surface area contributed by atoms with Gasteiger partial charge in [0.05, 0.1) is 0 Å². The van der Waals surface area contributed by atoms with Gasteiger partial charge in [0, 0.05) is 34.7 Å². The minimum atomic E-state index is 0.359. The van der Waals surface area contributed by atoms with Crippen molar-refractivity contribution in [1.29, 1.82) is 0 Å². The lowest BCUT2D eigenvalue weighted by molar-refractivity contribution is 0.456. The van der Waals surface area contributed by atoms with Gasteiger partial charge in [-0.3, -0.25) is 0 Å². The Hall–Kier alpha value is -5.84. The summed E-state index contributed by atoms with van der Waals surface area (Å²) in [7, 11) is 0. The first-order valence-corrected chi connectivity index (χ1v) is 18.4. The van der Waals surface area contributed by atoms with Crippen LogP contribution in [-0.4, -0.2) is 6.54 Å². The molecule has 0 N–H and O–H groups in total. The van der Waals surface area contributed by atoms with Crippen LogP contribution in [-0.2, 0) is 0 Å². The predicted octanol–water partition coefficient (Wildman–Crippen LogP) is 13.0. The largest absolute Gasteiger partial charge is 0.333 e. The molecule has 6 aromatic rings. The molecule has 3 aliphatic carbocycles. The molecule has 0 saturated heterocycles. The first-order chi connectivity index (χ1) is 25.1. The topological polar surface area (TPSA) is 3.24 Å². The minimum absolute atomic E-state index is 0.359. The van der Waals surface area contributed by atoms with Crippen molar-refractivity contribution in [2.45, 2.75) is 37.5 Å². The summed E-state index contributed by atoms with van der Waals surface area (Å²) in [6, 6.07) is 48.1. The fourth-order valence-corrected chi connectivity index (χ4v) is 9.45. The Morgan fingerprint density at radius 3 is 2.35 bits per heavy atom. The fraction of sp³-hybridized carbons (Fsp3) is 0.160. The zero-order valence-electron chi connectivity index (χ0n) is 28.9. The molecule has 1 aliphatic heterocycles. The highest BCUT2D eigenvalue weighted by atomic mass is 15.1. The SMILES string of the molecule is C=C1/C=C\CCN(c2ccc3c4c(cccc24)-c2ccccc2-3)c2c#cc(-c3ccc4c(c3)C3C=CC=CC3CC(c3ccccc3)C4C)cc21. The molecule has 4 aliphatic rings. The van der Waals surface area contributed by atoms with Crippen LogP contribution in [0.4, 0.5) is 11.4 Å². The maximum Gasteiger partial charge on any atom is 0.101 e. The van der Waals surface area contributed by atoms with Crippen molar-refractivity contribution in [2.75, 3.05) is 11.4 Å². The molecule has 6 aromatic carbocycles. The van der Waals surface area contributed by atoms with Crippen molar-refractivity contribution in [3.05, 3.63) is 187 Å². The van der Waals surface area contributed by atoms with E-state index in [9.17, 15) is 0 Å². The van der Waals surface area contributed by atoms with E-state index in [4.69, 9.17) is 0 Å². The molecule has 1 heterocycles. The summed E-state index contributed by atoms with van der Waals surface area (Å²) >= 11 is 0. The number of allylic oxidation sites excluding steroid dienone is 6. The lowest BCUT2D eigenvalue weighted by Gasteiger charge is -2.29. The molecule has 0 aromatic heterocycles. The molecular formula is C50H39N. The van der Waals surface area contributed by atoms with Gasteiger partial charge in [0.2, 0.25) is 0 Å². The first kappa shape index (κ1) is 30.0. The highest BCUT2D eigenvalue weighted by Gasteiger charge is 2.35. The van der Waals surface area contributed by atoms with E-state index in [0.29, 0.717) is 23.7 Å². The molecule has 244 valence electrons. The number of nitrogens with zero attached hydrogens (tertiary/aromatic N) is 1. The first-order valence-electron chi connectivity index (χ1n) is 18.4. The molecule has 1 heteroatoms. The van der Waals surface area contributed by atoms with Gasteiger partial charge in [0.25, 0.3) is 0 Å². The summed E-state index contributed by atoms with van der Waals surface area (Å²) in [6.07, 6.45) is 15.9. The van der Waals surface area contributed by atoms with Crippen molar-refractivity contribution in [1.82, 2.24) is 0 Å². The average Bonchev–Trinajstić information content (AvgIpc) is 3.45. The van der Waals surface area contributed by atoms with E-state index in [1.807, 2.05) is 0 Å². The summed E-state index contributed by atoms with van der Waals surface area (Å²) in [5.41, 5.74) is 16.2. The van der Waals surface area contributed by atoms with Crippen molar-refractivity contribution < 1.29 is 0 Å². The third kappa shape index (κ3) is 4.78. The van der Waals surface area contributed by atoms with Gasteiger partial charge >= 0.3 is 0 Å². The quantitative estimate of drug-likeness (QED) is 0.183. The summed E-state index contributed by atoms with van der Waals surface area (Å²) < 4.78 is 0. The number of anilines is 2. The zero-order valence-corrected chi connectivity index (χ0v) is 28.9. The zero-order chi connectivity index (χ0) is 34.1. The fourth-order valence-electron chi connectivity index (χ4n) is 9.45. The molecular weight excluding hydrogens is 615 g/mol. The monoisotopic (exact) mass is 653 g/mol. The standard InChI is InChI=1S/C50H39N/c1-32-13-10-11-28-51(48-27-25-43-41-19-9-8-18-40(41)42-20-12-21-44(48)50(42)43)49-26-23-36(29-45(32)49)35-22-24-38-33(2)46(34-14-4-3-5-15-34)31-37-16-6-7-17-39(37)47(38)30-35/h3-10,12-22,24-25,27,29-30,33,37,39,46H,1,11,28,31H2,2H3/b13-10-. The molecule has 51 heavy (non-hydrogen) atoms. The van der Waals surface area contributed by atoms with Crippen LogP contribution in [0, 0.1) is 18.1 Å². The summed E-state index contributed by atoms with van der Waals surface area (Å²) in [5.74, 6) is 1.71. The second-order valence-electron chi connectivity index (χ2n) is 14.7. The average molecular weight is 654 g/mol. The summed E-state index contributed by atoms with van der Waals surface area (Å²) in [6.45, 7) is 7.85. The second-order valence-corrected chi connectivity index (χ2v) is 14.7. The van der Waals surface area contributed by atoms with Gasteiger partial charge in [-0.2, -0.15) is 0 Å². The molecule has 0 spiro atoms. The van der Waals surface area contributed by atoms with E-state index in [2.05, 4.69) is 176 Å². The predicted molar refractivity (Wildman–Crippen MR) is 214 cm³/mol. The van der Waals surface area contributed by atoms with Crippen molar-refractivity contribution in [3.63, 3.8) is 0 Å². The number of benzene rings is 5. The van der Waals surface area contributed by atoms with E-state index >= 15 is 0 Å². The van der Waals surface area contributed by atoms with E-state index in [1.54, 1.807) is 0 Å². The number of rotatable bonds is 3. The highest BCUT2D eigenvalue weighted by Crippen LogP contribution is 2.52. The van der Waals surface area contributed by atoms with Gasteiger partial charge in [-0.05, 0) is 110 Å². The molecule has 4 unspecified atom stereocenters. The Balaban J connectivity index is 1.08. The Bertz CT molecular complexity index is 2430. The Kier molecular flexibility index (Phi) is 7.00. The normalized spacial score (nSPS) is 21.8. The maximum atomic E-state index is 4.57. The van der Waals surface area contributed by atoms with Gasteiger partial charge in [0.15, 0.2) is 0 Å². The molecule has 10 rings (SSSR count). The van der Waals surface area contributed by atoms with Crippen LogP contribution < -0.4 is 4.90 Å². The van der Waals surface area contributed by atoms with Crippen molar-refractivity contribution >= 4 is 27.7 Å². The molecule has 1 nitrogen and oxygen atoms in total. The highest BCUT2D eigenvalue weighted by molar-refractivity contribution is 6.18. The van der Waals surface area contributed by atoms with E-state index in [0.717, 1.165) is 41.8 Å². The third-order valence-corrected chi connectivity index (χ3v) is 12.0. The lowest BCUT2D eigenvalue weighted by atomic mass is 9.78. The van der Waals surface area contributed by atoms with Gasteiger partial charge < -0.3 is 4.90 Å². The van der Waals surface area contributed by atoms with Crippen LogP contribution in [0.3, 0.4) is 0 Å². The van der Waals surface area contributed by atoms with E-state index < -0.39 is 0 Å². The van der Waals surface area contributed by atoms with Crippen LogP contribution in [0.2, 0.25) is 0 Å². The van der Waals surface area contributed by atoms with Crippen LogP contribution in [0.15, 0.2) is 152 Å². The number of hydrogen-bond donors (Lipinski definition) is 0. The van der Waals surface area contributed by atoms with Crippen LogP contribution in [0.5, 0.6) is 0 Å². The van der Waals surface area contributed by atoms with Gasteiger partial charge in [-0.15, -0.1) is 0 Å². The smallest absolute Gasteiger partial charge is 0.101 e. The Labute approximate surface area is 301 Å². The minimum Gasteiger partial charge on any atom is -0.333 e. The van der Waals surface area contributed by atoms with Crippen LogP contribution >= 0.6 is 0 Å². The Morgan fingerprint density at radius 1 is 0.706 bits per heavy atom. The molecule has 0 radical (unpaired) electrons. The molecule has 0 fully saturated rings. The number of fused-ring (bicyclic) bond motifs is 7. The Morgan fingerprint density at radius 2 is 1.49 bits per heavy atom. The van der Waals surface area contributed by atoms with E-state index in [1.165, 1.54) is 61.0 Å². The lowest BCUT2D eigenvalue weighted by Crippen LogP contribution is -2.20. The second kappa shape index (κ2) is 11.9. The van der Waals surface area contributed by atoms with Crippen molar-refractivity contribution in [3.8, 4) is 33.4 Å². The van der Waals surface area contributed by atoms with Gasteiger partial charge in [-0.25, -0.2) is 0 Å².